The molecule has 0 aliphatic heterocycles. The van der Waals surface area contributed by atoms with Gasteiger partial charge in [0.2, 0.25) is 0 Å². The molecule has 2 nitrogen and oxygen atoms in total. The molecule has 0 spiro atoms. The average molecular weight is 388 g/mol. The molecule has 5 heteroatoms. The zero-order valence-electron chi connectivity index (χ0n) is 15.9. The van der Waals surface area contributed by atoms with Crippen molar-refractivity contribution in [1.29, 1.82) is 0 Å². The van der Waals surface area contributed by atoms with E-state index in [2.05, 4.69) is 41.0 Å². The number of rotatable bonds is 8. The van der Waals surface area contributed by atoms with Gasteiger partial charge in [0.15, 0.2) is 0 Å². The molecule has 2 aliphatic carbocycles. The van der Waals surface area contributed by atoms with Crippen LogP contribution in [0.2, 0.25) is 0 Å². The molecular weight excluding hydrogens is 361 g/mol. The summed E-state index contributed by atoms with van der Waals surface area (Å²) in [7, 11) is 0. The molecule has 2 unspecified atom stereocenters. The molecule has 150 valence electrons. The molecule has 0 saturated heterocycles. The highest BCUT2D eigenvalue weighted by Crippen LogP contribution is 2.44. The first kappa shape index (κ1) is 19.5. The lowest BCUT2D eigenvalue weighted by molar-refractivity contribution is -0.137. The van der Waals surface area contributed by atoms with Gasteiger partial charge >= 0.3 is 6.18 Å². The summed E-state index contributed by atoms with van der Waals surface area (Å²) in [5, 5.41) is 7.22. The molecular formula is C23H27F3N2. The van der Waals surface area contributed by atoms with E-state index >= 15 is 0 Å². The van der Waals surface area contributed by atoms with Crippen LogP contribution in [0.1, 0.15) is 48.3 Å². The Morgan fingerprint density at radius 1 is 0.929 bits per heavy atom. The van der Waals surface area contributed by atoms with Crippen LogP contribution in [0.3, 0.4) is 0 Å². The van der Waals surface area contributed by atoms with Crippen molar-refractivity contribution in [3.8, 4) is 0 Å². The molecule has 0 amide bonds. The number of alkyl halides is 3. The van der Waals surface area contributed by atoms with E-state index in [1.807, 2.05) is 0 Å². The summed E-state index contributed by atoms with van der Waals surface area (Å²) in [5.74, 6) is 0.637. The minimum absolute atomic E-state index is 0.287. The van der Waals surface area contributed by atoms with Gasteiger partial charge in [-0.3, -0.25) is 0 Å². The lowest BCUT2D eigenvalue weighted by atomic mass is 9.68. The van der Waals surface area contributed by atoms with Gasteiger partial charge in [-0.25, -0.2) is 0 Å². The molecule has 0 bridgehead atoms. The van der Waals surface area contributed by atoms with E-state index in [0.717, 1.165) is 30.8 Å². The van der Waals surface area contributed by atoms with Crippen molar-refractivity contribution < 1.29 is 13.2 Å². The van der Waals surface area contributed by atoms with Crippen molar-refractivity contribution >= 4 is 0 Å². The lowest BCUT2D eigenvalue weighted by Gasteiger charge is -2.42. The summed E-state index contributed by atoms with van der Waals surface area (Å²) >= 11 is 0. The molecule has 2 aromatic rings. The van der Waals surface area contributed by atoms with Gasteiger partial charge in [-0.1, -0.05) is 48.9 Å². The number of benzene rings is 2. The van der Waals surface area contributed by atoms with Crippen molar-refractivity contribution in [2.24, 2.45) is 5.41 Å². The van der Waals surface area contributed by atoms with Gasteiger partial charge in [-0.05, 0) is 47.9 Å². The maximum absolute atomic E-state index is 12.6. The van der Waals surface area contributed by atoms with Crippen LogP contribution in [0.4, 0.5) is 13.2 Å². The van der Waals surface area contributed by atoms with Gasteiger partial charge in [0.1, 0.15) is 0 Å². The minimum Gasteiger partial charge on any atom is -0.313 e. The van der Waals surface area contributed by atoms with Crippen LogP contribution in [0, 0.1) is 5.41 Å². The van der Waals surface area contributed by atoms with Gasteiger partial charge in [0.25, 0.3) is 0 Å². The van der Waals surface area contributed by atoms with E-state index in [9.17, 15) is 13.2 Å². The largest absolute Gasteiger partial charge is 0.416 e. The molecule has 2 fully saturated rings. The second kappa shape index (κ2) is 7.88. The quantitative estimate of drug-likeness (QED) is 0.657. The fourth-order valence-electron chi connectivity index (χ4n) is 4.21. The monoisotopic (exact) mass is 388 g/mol. The van der Waals surface area contributed by atoms with Gasteiger partial charge in [0.05, 0.1) is 5.56 Å². The molecule has 0 aromatic heterocycles. The third kappa shape index (κ3) is 4.58. The van der Waals surface area contributed by atoms with E-state index in [-0.39, 0.29) is 5.41 Å². The van der Waals surface area contributed by atoms with Crippen molar-refractivity contribution in [1.82, 2.24) is 10.6 Å². The first-order valence-electron chi connectivity index (χ1n) is 10.1. The van der Waals surface area contributed by atoms with Crippen LogP contribution in [0.25, 0.3) is 0 Å². The van der Waals surface area contributed by atoms with Crippen LogP contribution in [0.15, 0.2) is 54.6 Å². The van der Waals surface area contributed by atoms with Crippen molar-refractivity contribution in [2.45, 2.75) is 50.4 Å². The number of nitrogens with one attached hydrogen (secondary N) is 2. The molecule has 28 heavy (non-hydrogen) atoms. The summed E-state index contributed by atoms with van der Waals surface area (Å²) in [6, 6.07) is 16.7. The molecule has 2 saturated carbocycles. The lowest BCUT2D eigenvalue weighted by Crippen LogP contribution is -2.47. The second-order valence-electron chi connectivity index (χ2n) is 8.39. The summed E-state index contributed by atoms with van der Waals surface area (Å²) in [6.45, 7) is 2.53. The average Bonchev–Trinajstić information content (AvgIpc) is 3.43. The fourth-order valence-corrected chi connectivity index (χ4v) is 4.21. The smallest absolute Gasteiger partial charge is 0.313 e. The maximum Gasteiger partial charge on any atom is 0.416 e. The van der Waals surface area contributed by atoms with Gasteiger partial charge in [-0.2, -0.15) is 13.2 Å². The van der Waals surface area contributed by atoms with Crippen LogP contribution >= 0.6 is 0 Å². The Labute approximate surface area is 164 Å². The highest BCUT2D eigenvalue weighted by Gasteiger charge is 2.42. The summed E-state index contributed by atoms with van der Waals surface area (Å²) in [5.41, 5.74) is 2.01. The number of hydrogen-bond acceptors (Lipinski definition) is 2. The Balaban J connectivity index is 1.22. The molecule has 2 atom stereocenters. The molecule has 0 radical (unpaired) electrons. The third-order valence-corrected chi connectivity index (χ3v) is 6.28. The van der Waals surface area contributed by atoms with Crippen molar-refractivity contribution in [2.75, 3.05) is 13.1 Å². The Kier molecular flexibility index (Phi) is 5.48. The number of hydrogen-bond donors (Lipinski definition) is 2. The summed E-state index contributed by atoms with van der Waals surface area (Å²) < 4.78 is 37.9. The topological polar surface area (TPSA) is 24.1 Å². The third-order valence-electron chi connectivity index (χ3n) is 6.28. The standard InChI is InChI=1S/C23H27F3N2/c24-23(25,26)19-9-7-17(8-10-19)14-27-15-22(11-4-12-22)16-28-21-13-20(21)18-5-2-1-3-6-18/h1-3,5-10,20-21,27-28H,4,11-16H2. The minimum atomic E-state index is -4.27. The van der Waals surface area contributed by atoms with Gasteiger partial charge in [-0.15, -0.1) is 0 Å². The maximum atomic E-state index is 12.6. The van der Waals surface area contributed by atoms with E-state index in [1.54, 1.807) is 12.1 Å². The summed E-state index contributed by atoms with van der Waals surface area (Å²) in [6.07, 6.45) is 0.620. The molecule has 2 aliphatic rings. The predicted molar refractivity (Wildman–Crippen MR) is 105 cm³/mol. The highest BCUT2D eigenvalue weighted by atomic mass is 19.4. The van der Waals surface area contributed by atoms with Crippen LogP contribution in [-0.2, 0) is 12.7 Å². The van der Waals surface area contributed by atoms with Crippen molar-refractivity contribution in [3.05, 3.63) is 71.3 Å². The highest BCUT2D eigenvalue weighted by molar-refractivity contribution is 5.28. The van der Waals surface area contributed by atoms with Gasteiger partial charge < -0.3 is 10.6 Å². The molecule has 2 N–H and O–H groups in total. The molecule has 0 heterocycles. The van der Waals surface area contributed by atoms with Crippen LogP contribution < -0.4 is 10.6 Å². The van der Waals surface area contributed by atoms with Crippen molar-refractivity contribution in [3.63, 3.8) is 0 Å². The second-order valence-corrected chi connectivity index (χ2v) is 8.39. The first-order chi connectivity index (χ1) is 13.5. The Morgan fingerprint density at radius 2 is 1.64 bits per heavy atom. The first-order valence-corrected chi connectivity index (χ1v) is 10.1. The molecule has 4 rings (SSSR count). The van der Waals surface area contributed by atoms with E-state index in [4.69, 9.17) is 0 Å². The molecule has 2 aromatic carbocycles. The summed E-state index contributed by atoms with van der Waals surface area (Å²) in [4.78, 5) is 0. The normalized spacial score (nSPS) is 23.2. The Hall–Kier alpha value is -1.85. The zero-order chi connectivity index (χ0) is 19.6. The Morgan fingerprint density at radius 3 is 2.25 bits per heavy atom. The number of halogens is 3. The zero-order valence-corrected chi connectivity index (χ0v) is 15.9. The Bertz CT molecular complexity index is 767. The van der Waals surface area contributed by atoms with Gasteiger partial charge in [0, 0.05) is 31.6 Å². The van der Waals surface area contributed by atoms with E-state index in [0.29, 0.717) is 18.5 Å². The van der Waals surface area contributed by atoms with E-state index < -0.39 is 11.7 Å². The fraction of sp³-hybridized carbons (Fsp3) is 0.478. The SMILES string of the molecule is FC(F)(F)c1ccc(CNCC2(CNC3CC3c3ccccc3)CCC2)cc1. The van der Waals surface area contributed by atoms with Crippen LogP contribution in [0.5, 0.6) is 0 Å². The van der Waals surface area contributed by atoms with E-state index in [1.165, 1.54) is 31.2 Å². The predicted octanol–water partition coefficient (Wildman–Crippen LogP) is 5.11. The van der Waals surface area contributed by atoms with Crippen LogP contribution in [-0.4, -0.2) is 19.1 Å².